The van der Waals surface area contributed by atoms with E-state index < -0.39 is 17.5 Å². The van der Waals surface area contributed by atoms with Crippen LogP contribution in [0.25, 0.3) is 5.65 Å². The van der Waals surface area contributed by atoms with Gasteiger partial charge in [-0.3, -0.25) is 9.38 Å². The maximum atomic E-state index is 13.5. The van der Waals surface area contributed by atoms with E-state index in [9.17, 15) is 13.2 Å². The Morgan fingerprint density at radius 1 is 1.06 bits per heavy atom. The summed E-state index contributed by atoms with van der Waals surface area (Å²) in [5, 5.41) is 0. The van der Waals surface area contributed by atoms with Crippen LogP contribution < -0.4 is 21.1 Å². The van der Waals surface area contributed by atoms with Gasteiger partial charge in [0.2, 0.25) is 5.95 Å². The number of ether oxygens (including phenoxy) is 1. The minimum Gasteiger partial charge on any atom is -0.485 e. The molecule has 5 heterocycles. The molecule has 8 nitrogen and oxygen atoms in total. The van der Waals surface area contributed by atoms with Crippen molar-refractivity contribution in [2.24, 2.45) is 5.73 Å². The van der Waals surface area contributed by atoms with Crippen LogP contribution in [0.1, 0.15) is 30.1 Å². The molecule has 1 atom stereocenters. The number of para-hydroxylation sites is 1. The summed E-state index contributed by atoms with van der Waals surface area (Å²) in [6.07, 6.45) is 1.20. The third kappa shape index (κ3) is 3.63. The second-order valence-electron chi connectivity index (χ2n) is 8.87. The van der Waals surface area contributed by atoms with Gasteiger partial charge in [-0.1, -0.05) is 30.0 Å². The number of benzene rings is 1. The Balaban J connectivity index is 1.29. The minimum absolute atomic E-state index is 0.0667. The summed E-state index contributed by atoms with van der Waals surface area (Å²) in [6, 6.07) is 10.4. The third-order valence-electron chi connectivity index (χ3n) is 6.79. The molecule has 1 fully saturated rings. The van der Waals surface area contributed by atoms with Crippen molar-refractivity contribution >= 4 is 29.2 Å². The van der Waals surface area contributed by atoms with Crippen molar-refractivity contribution < 1.29 is 17.9 Å². The van der Waals surface area contributed by atoms with Gasteiger partial charge in [-0.05, 0) is 18.2 Å². The van der Waals surface area contributed by atoms with Gasteiger partial charge in [0.05, 0.1) is 10.9 Å². The van der Waals surface area contributed by atoms with E-state index in [1.165, 1.54) is 12.1 Å². The Hall–Kier alpha value is -3.51. The van der Waals surface area contributed by atoms with E-state index >= 15 is 0 Å². The fourth-order valence-electron chi connectivity index (χ4n) is 4.97. The van der Waals surface area contributed by atoms with Crippen LogP contribution in [0.3, 0.4) is 0 Å². The summed E-state index contributed by atoms with van der Waals surface area (Å²) in [6.45, 7) is 1.24. The fourth-order valence-corrected chi connectivity index (χ4v) is 6.00. The van der Waals surface area contributed by atoms with E-state index in [2.05, 4.69) is 19.9 Å². The molecule has 1 aromatic carbocycles. The zero-order valence-electron chi connectivity index (χ0n) is 18.9. The molecule has 2 aliphatic heterocycles. The van der Waals surface area contributed by atoms with Crippen molar-refractivity contribution in [3.63, 3.8) is 0 Å². The van der Waals surface area contributed by atoms with Gasteiger partial charge in [-0.25, -0.2) is 4.98 Å². The first-order valence-electron chi connectivity index (χ1n) is 11.4. The van der Waals surface area contributed by atoms with E-state index in [0.29, 0.717) is 42.4 Å². The number of nitrogen functional groups attached to an aromatic ring is 1. The lowest BCUT2D eigenvalue weighted by molar-refractivity contribution is -0.143. The topological polar surface area (TPSA) is 108 Å². The number of pyridine rings is 1. The number of halogens is 3. The second kappa shape index (κ2) is 8.27. The first-order chi connectivity index (χ1) is 17.3. The molecular formula is C24H22F3N7OS. The molecule has 6 rings (SSSR count). The zero-order chi connectivity index (χ0) is 25.1. The highest BCUT2D eigenvalue weighted by Crippen LogP contribution is 2.47. The van der Waals surface area contributed by atoms with E-state index in [4.69, 9.17) is 16.2 Å². The number of anilines is 2. The predicted octanol–water partition coefficient (Wildman–Crippen LogP) is 4.31. The monoisotopic (exact) mass is 513 g/mol. The van der Waals surface area contributed by atoms with Crippen LogP contribution in [0.15, 0.2) is 64.8 Å². The van der Waals surface area contributed by atoms with Gasteiger partial charge in [0.1, 0.15) is 17.2 Å². The Labute approximate surface area is 208 Å². The van der Waals surface area contributed by atoms with Crippen LogP contribution in [-0.2, 0) is 6.18 Å². The first-order valence-corrected chi connectivity index (χ1v) is 12.2. The summed E-state index contributed by atoms with van der Waals surface area (Å²) in [4.78, 5) is 14.9. The molecule has 36 heavy (non-hydrogen) atoms. The maximum absolute atomic E-state index is 13.5. The lowest BCUT2D eigenvalue weighted by Gasteiger charge is -2.41. The number of hydrogen-bond donors (Lipinski definition) is 2. The quantitative estimate of drug-likeness (QED) is 0.417. The first kappa shape index (κ1) is 22.9. The van der Waals surface area contributed by atoms with Gasteiger partial charge in [0.15, 0.2) is 11.3 Å². The Kier molecular flexibility index (Phi) is 5.27. The van der Waals surface area contributed by atoms with Gasteiger partial charge < -0.3 is 21.1 Å². The van der Waals surface area contributed by atoms with Crippen molar-refractivity contribution in [2.75, 3.05) is 23.7 Å². The second-order valence-corrected chi connectivity index (χ2v) is 9.92. The Morgan fingerprint density at radius 3 is 2.58 bits per heavy atom. The number of alkyl halides is 3. The zero-order valence-corrected chi connectivity index (χ0v) is 19.8. The number of rotatable bonds is 3. The molecule has 12 heteroatoms. The van der Waals surface area contributed by atoms with E-state index in [-0.39, 0.29) is 16.8 Å². The molecule has 3 aromatic heterocycles. The van der Waals surface area contributed by atoms with E-state index in [1.54, 1.807) is 16.8 Å². The number of fused-ring (bicyclic) bond motifs is 2. The van der Waals surface area contributed by atoms with Crippen molar-refractivity contribution in [3.05, 3.63) is 66.2 Å². The highest BCUT2D eigenvalue weighted by molar-refractivity contribution is 7.99. The van der Waals surface area contributed by atoms with Gasteiger partial charge in [-0.2, -0.15) is 18.2 Å². The molecule has 2 aliphatic rings. The SMILES string of the molecule is Nc1nc(N2CCC3(CC2)Oc2ccccc2[C@H]3N)n2ccnc2c1Sc1cccnc1C(F)(F)F. The number of imidazole rings is 1. The molecule has 0 radical (unpaired) electrons. The minimum atomic E-state index is -4.59. The maximum Gasteiger partial charge on any atom is 0.434 e. The largest absolute Gasteiger partial charge is 0.485 e. The lowest BCUT2D eigenvalue weighted by atomic mass is 9.83. The number of aromatic nitrogens is 4. The van der Waals surface area contributed by atoms with Crippen LogP contribution >= 0.6 is 11.8 Å². The normalized spacial score (nSPS) is 19.0. The molecule has 0 bridgehead atoms. The van der Waals surface area contributed by atoms with Crippen LogP contribution in [0.4, 0.5) is 24.9 Å². The van der Waals surface area contributed by atoms with Crippen LogP contribution in [0.5, 0.6) is 5.75 Å². The van der Waals surface area contributed by atoms with E-state index in [0.717, 1.165) is 29.3 Å². The molecule has 4 aromatic rings. The van der Waals surface area contributed by atoms with Crippen molar-refractivity contribution in [2.45, 2.75) is 40.5 Å². The summed E-state index contributed by atoms with van der Waals surface area (Å²) < 4.78 is 48.5. The lowest BCUT2D eigenvalue weighted by Crippen LogP contribution is -2.52. The molecule has 0 saturated carbocycles. The Morgan fingerprint density at radius 2 is 1.83 bits per heavy atom. The van der Waals surface area contributed by atoms with Crippen LogP contribution in [-0.4, -0.2) is 38.0 Å². The van der Waals surface area contributed by atoms with Crippen LogP contribution in [0, 0.1) is 0 Å². The molecular weight excluding hydrogens is 491 g/mol. The van der Waals surface area contributed by atoms with Crippen molar-refractivity contribution in [3.8, 4) is 5.75 Å². The van der Waals surface area contributed by atoms with Crippen molar-refractivity contribution in [1.82, 2.24) is 19.4 Å². The number of piperidine rings is 1. The van der Waals surface area contributed by atoms with Gasteiger partial charge in [-0.15, -0.1) is 0 Å². The predicted molar refractivity (Wildman–Crippen MR) is 129 cm³/mol. The average molecular weight is 514 g/mol. The molecule has 1 saturated heterocycles. The Bertz CT molecular complexity index is 1450. The fraction of sp³-hybridized carbons (Fsp3) is 0.292. The number of nitrogens with two attached hydrogens (primary N) is 2. The average Bonchev–Trinajstić information content (AvgIpc) is 3.45. The van der Waals surface area contributed by atoms with Gasteiger partial charge in [0.25, 0.3) is 0 Å². The molecule has 4 N–H and O–H groups in total. The standard InChI is InChI=1S/C24H22F3N7OS/c25-24(26,27)19-16(6-3-9-30-19)36-17-20(29)32-22(34-13-10-31-21(17)34)33-11-7-23(8-12-33)18(28)14-4-1-2-5-15(14)35-23/h1-6,9-10,13,18H,7-8,11-12,28-29H2/t18-/m1/s1. The molecule has 1 spiro atoms. The number of nitrogens with zero attached hydrogens (tertiary/aromatic N) is 5. The number of hydrogen-bond acceptors (Lipinski definition) is 8. The molecule has 186 valence electrons. The summed E-state index contributed by atoms with van der Waals surface area (Å²) in [5.41, 5.74) is 12.9. The third-order valence-corrected chi connectivity index (χ3v) is 7.94. The highest BCUT2D eigenvalue weighted by atomic mass is 32.2. The van der Waals surface area contributed by atoms with E-state index in [1.807, 2.05) is 24.3 Å². The molecule has 0 aliphatic carbocycles. The highest BCUT2D eigenvalue weighted by Gasteiger charge is 2.48. The molecule has 0 amide bonds. The van der Waals surface area contributed by atoms with Gasteiger partial charge in [0, 0.05) is 55.0 Å². The molecule has 0 unspecified atom stereocenters. The van der Waals surface area contributed by atoms with Crippen molar-refractivity contribution in [1.29, 1.82) is 0 Å². The van der Waals surface area contributed by atoms with Gasteiger partial charge >= 0.3 is 6.18 Å². The summed E-state index contributed by atoms with van der Waals surface area (Å²) in [7, 11) is 0. The summed E-state index contributed by atoms with van der Waals surface area (Å²) in [5.74, 6) is 1.51. The smallest absolute Gasteiger partial charge is 0.434 e. The van der Waals surface area contributed by atoms with Crippen LogP contribution in [0.2, 0.25) is 0 Å². The summed E-state index contributed by atoms with van der Waals surface area (Å²) >= 11 is 0.857.